The van der Waals surface area contributed by atoms with Crippen LogP contribution in [0.1, 0.15) is 24.7 Å². The topological polar surface area (TPSA) is 66.8 Å². The van der Waals surface area contributed by atoms with Crippen molar-refractivity contribution >= 4 is 28.0 Å². The van der Waals surface area contributed by atoms with Gasteiger partial charge < -0.3 is 14.5 Å². The summed E-state index contributed by atoms with van der Waals surface area (Å²) in [5.41, 5.74) is 4.07. The van der Waals surface area contributed by atoms with Crippen molar-refractivity contribution in [3.8, 4) is 0 Å². The summed E-state index contributed by atoms with van der Waals surface area (Å²) in [5.74, 6) is 1.74. The van der Waals surface area contributed by atoms with Crippen molar-refractivity contribution in [3.05, 3.63) is 60.2 Å². The lowest BCUT2D eigenvalue weighted by Crippen LogP contribution is -2.30. The zero-order valence-corrected chi connectivity index (χ0v) is 16.6. The van der Waals surface area contributed by atoms with E-state index in [0.717, 1.165) is 65.9 Å². The molecule has 0 aliphatic carbocycles. The number of carbonyl (C=O) groups is 1. The summed E-state index contributed by atoms with van der Waals surface area (Å²) in [5, 5.41) is 1.14. The molecule has 6 nitrogen and oxygen atoms in total. The normalized spacial score (nSPS) is 16.9. The lowest BCUT2D eigenvalue weighted by atomic mass is 10.0. The van der Waals surface area contributed by atoms with Crippen molar-refractivity contribution in [1.82, 2.24) is 24.4 Å². The van der Waals surface area contributed by atoms with Crippen molar-refractivity contribution in [3.63, 3.8) is 0 Å². The van der Waals surface area contributed by atoms with Crippen LogP contribution >= 0.6 is 0 Å². The van der Waals surface area contributed by atoms with Crippen LogP contribution in [0, 0.1) is 5.92 Å². The molecule has 1 fully saturated rings. The minimum atomic E-state index is 0.211. The molecule has 1 unspecified atom stereocenters. The van der Waals surface area contributed by atoms with E-state index in [1.165, 1.54) is 0 Å². The van der Waals surface area contributed by atoms with Gasteiger partial charge in [0.15, 0.2) is 5.65 Å². The molecule has 4 aromatic rings. The Bertz CT molecular complexity index is 1170. The first-order chi connectivity index (χ1) is 14.2. The second-order valence-electron chi connectivity index (χ2n) is 7.85. The predicted octanol–water partition coefficient (Wildman–Crippen LogP) is 3.57. The Morgan fingerprint density at radius 2 is 2.14 bits per heavy atom. The van der Waals surface area contributed by atoms with Crippen molar-refractivity contribution in [2.75, 3.05) is 13.1 Å². The molecule has 5 rings (SSSR count). The van der Waals surface area contributed by atoms with Gasteiger partial charge >= 0.3 is 0 Å². The lowest BCUT2D eigenvalue weighted by molar-refractivity contribution is -0.129. The van der Waals surface area contributed by atoms with Gasteiger partial charge in [-0.05, 0) is 43.0 Å². The van der Waals surface area contributed by atoms with Crippen LogP contribution < -0.4 is 0 Å². The van der Waals surface area contributed by atoms with Gasteiger partial charge in [-0.25, -0.2) is 9.97 Å². The number of amides is 1. The van der Waals surface area contributed by atoms with Gasteiger partial charge in [-0.3, -0.25) is 4.79 Å². The molecule has 148 valence electrons. The van der Waals surface area contributed by atoms with Gasteiger partial charge in [0.05, 0.1) is 6.42 Å². The van der Waals surface area contributed by atoms with E-state index >= 15 is 0 Å². The van der Waals surface area contributed by atoms with Gasteiger partial charge in [-0.1, -0.05) is 18.2 Å². The minimum absolute atomic E-state index is 0.211. The Labute approximate surface area is 169 Å². The Morgan fingerprint density at radius 1 is 1.24 bits per heavy atom. The molecule has 1 aromatic carbocycles. The third-order valence-electron chi connectivity index (χ3n) is 6.03. The molecule has 0 spiro atoms. The van der Waals surface area contributed by atoms with Crippen molar-refractivity contribution < 1.29 is 4.79 Å². The molecule has 0 radical (unpaired) electrons. The maximum atomic E-state index is 12.9. The van der Waals surface area contributed by atoms with Gasteiger partial charge in [0.25, 0.3) is 0 Å². The van der Waals surface area contributed by atoms with E-state index in [-0.39, 0.29) is 5.91 Å². The quantitative estimate of drug-likeness (QED) is 0.569. The molecule has 3 aromatic heterocycles. The first-order valence-electron chi connectivity index (χ1n) is 10.4. The van der Waals surface area contributed by atoms with Gasteiger partial charge in [-0.15, -0.1) is 0 Å². The zero-order valence-electron chi connectivity index (χ0n) is 16.6. The van der Waals surface area contributed by atoms with Crippen LogP contribution in [0.3, 0.4) is 0 Å². The fourth-order valence-electron chi connectivity index (χ4n) is 4.53. The molecule has 29 heavy (non-hydrogen) atoms. The van der Waals surface area contributed by atoms with E-state index in [9.17, 15) is 4.79 Å². The van der Waals surface area contributed by atoms with Gasteiger partial charge in [0.1, 0.15) is 11.3 Å². The number of fused-ring (bicyclic) bond motifs is 2. The number of H-pyrrole nitrogens is 1. The largest absolute Gasteiger partial charge is 0.361 e. The average molecular weight is 387 g/mol. The predicted molar refractivity (Wildman–Crippen MR) is 114 cm³/mol. The molecular weight excluding hydrogens is 362 g/mol. The van der Waals surface area contributed by atoms with Gasteiger partial charge in [0, 0.05) is 49.4 Å². The summed E-state index contributed by atoms with van der Waals surface area (Å²) < 4.78 is 2.20. The average Bonchev–Trinajstić information content (AvgIpc) is 3.45. The maximum Gasteiger partial charge on any atom is 0.227 e. The highest BCUT2D eigenvalue weighted by molar-refractivity contribution is 5.89. The molecule has 1 atom stereocenters. The highest BCUT2D eigenvalue weighted by Gasteiger charge is 2.28. The molecule has 0 saturated carbocycles. The molecular formula is C23H25N5O. The number of carbonyl (C=O) groups excluding carboxylic acids is 1. The summed E-state index contributed by atoms with van der Waals surface area (Å²) >= 11 is 0. The third kappa shape index (κ3) is 3.28. The molecule has 1 N–H and O–H groups in total. The highest BCUT2D eigenvalue weighted by atomic mass is 16.2. The van der Waals surface area contributed by atoms with Crippen LogP contribution in [0.5, 0.6) is 0 Å². The SMILES string of the molecule is CCn1c(CC2CCN(C(=O)Cc3c[nH]c4ccccc34)C2)nc2cccnc21. The van der Waals surface area contributed by atoms with Crippen molar-refractivity contribution in [2.24, 2.45) is 5.92 Å². The second-order valence-corrected chi connectivity index (χ2v) is 7.85. The Kier molecular flexibility index (Phi) is 4.54. The zero-order chi connectivity index (χ0) is 19.8. The van der Waals surface area contributed by atoms with E-state index in [1.54, 1.807) is 0 Å². The molecule has 6 heteroatoms. The summed E-state index contributed by atoms with van der Waals surface area (Å²) in [6, 6.07) is 12.1. The Morgan fingerprint density at radius 3 is 3.03 bits per heavy atom. The van der Waals surface area contributed by atoms with Crippen LogP contribution in [-0.2, 0) is 24.2 Å². The number of para-hydroxylation sites is 1. The first-order valence-corrected chi connectivity index (χ1v) is 10.4. The molecule has 1 amide bonds. The number of aromatic nitrogens is 4. The number of aromatic amines is 1. The monoisotopic (exact) mass is 387 g/mol. The fraction of sp³-hybridized carbons (Fsp3) is 0.348. The standard InChI is InChI=1S/C23H25N5O/c1-2-28-21(26-20-8-5-10-24-23(20)28)12-16-9-11-27(15-16)22(29)13-17-14-25-19-7-4-3-6-18(17)19/h3-8,10,14,16,25H,2,9,11-13,15H2,1H3. The number of aryl methyl sites for hydroxylation is 1. The van der Waals surface area contributed by atoms with Crippen LogP contribution in [0.4, 0.5) is 0 Å². The smallest absolute Gasteiger partial charge is 0.227 e. The van der Waals surface area contributed by atoms with Crippen molar-refractivity contribution in [2.45, 2.75) is 32.7 Å². The van der Waals surface area contributed by atoms with Gasteiger partial charge in [0.2, 0.25) is 5.91 Å². The van der Waals surface area contributed by atoms with E-state index in [2.05, 4.69) is 27.5 Å². The van der Waals surface area contributed by atoms with Crippen LogP contribution in [0.2, 0.25) is 0 Å². The highest BCUT2D eigenvalue weighted by Crippen LogP contribution is 2.25. The lowest BCUT2D eigenvalue weighted by Gasteiger charge is -2.16. The fourth-order valence-corrected chi connectivity index (χ4v) is 4.53. The van der Waals surface area contributed by atoms with E-state index in [1.807, 2.05) is 47.6 Å². The van der Waals surface area contributed by atoms with E-state index in [4.69, 9.17) is 4.98 Å². The minimum Gasteiger partial charge on any atom is -0.361 e. The first kappa shape index (κ1) is 17.9. The van der Waals surface area contributed by atoms with Crippen molar-refractivity contribution in [1.29, 1.82) is 0 Å². The number of hydrogen-bond acceptors (Lipinski definition) is 3. The Balaban J connectivity index is 1.27. The summed E-state index contributed by atoms with van der Waals surface area (Å²) in [4.78, 5) is 27.5. The molecule has 1 aliphatic heterocycles. The second kappa shape index (κ2) is 7.35. The number of pyridine rings is 1. The van der Waals surface area contributed by atoms with Gasteiger partial charge in [-0.2, -0.15) is 0 Å². The molecule has 0 bridgehead atoms. The summed E-state index contributed by atoms with van der Waals surface area (Å²) in [6.45, 7) is 4.63. The number of imidazole rings is 1. The Hall–Kier alpha value is -3.15. The van der Waals surface area contributed by atoms with Crippen LogP contribution in [0.15, 0.2) is 48.8 Å². The van der Waals surface area contributed by atoms with Crippen LogP contribution in [0.25, 0.3) is 22.1 Å². The van der Waals surface area contributed by atoms with E-state index in [0.29, 0.717) is 12.3 Å². The number of nitrogens with one attached hydrogen (secondary N) is 1. The number of rotatable bonds is 5. The molecule has 4 heterocycles. The number of nitrogens with zero attached hydrogens (tertiary/aromatic N) is 4. The number of likely N-dealkylation sites (tertiary alicyclic amines) is 1. The maximum absolute atomic E-state index is 12.9. The summed E-state index contributed by atoms with van der Waals surface area (Å²) in [6.07, 6.45) is 6.16. The summed E-state index contributed by atoms with van der Waals surface area (Å²) in [7, 11) is 0. The third-order valence-corrected chi connectivity index (χ3v) is 6.03. The van der Waals surface area contributed by atoms with Crippen LogP contribution in [-0.4, -0.2) is 43.4 Å². The molecule has 1 saturated heterocycles. The number of benzene rings is 1. The van der Waals surface area contributed by atoms with E-state index < -0.39 is 0 Å². The molecule has 1 aliphatic rings. The number of hydrogen-bond donors (Lipinski definition) is 1.